The first-order valence-corrected chi connectivity index (χ1v) is 6.72. The van der Waals surface area contributed by atoms with Crippen LogP contribution in [0, 0.1) is 10.1 Å². The third-order valence-electron chi connectivity index (χ3n) is 2.85. The highest BCUT2D eigenvalue weighted by molar-refractivity contribution is 6.09. The van der Waals surface area contributed by atoms with E-state index in [2.05, 4.69) is 9.97 Å². The molecule has 1 aromatic heterocycles. The summed E-state index contributed by atoms with van der Waals surface area (Å²) in [6.45, 7) is 0. The van der Waals surface area contributed by atoms with E-state index >= 15 is 0 Å². The highest BCUT2D eigenvalue weighted by Crippen LogP contribution is 2.15. The van der Waals surface area contributed by atoms with Crippen LogP contribution in [-0.4, -0.2) is 20.7 Å². The maximum absolute atomic E-state index is 12.0. The van der Waals surface area contributed by atoms with Crippen LogP contribution in [0.15, 0.2) is 79.4 Å². The largest absolute Gasteiger partial charge is 0.289 e. The Kier molecular flexibility index (Phi) is 5.65. The molecule has 2 aromatic carbocycles. The van der Waals surface area contributed by atoms with Gasteiger partial charge in [-0.05, 0) is 18.2 Å². The van der Waals surface area contributed by atoms with Crippen LogP contribution in [0.4, 0.5) is 5.69 Å². The number of hydrogen-bond acceptors (Lipinski definition) is 5. The lowest BCUT2D eigenvalue weighted by Gasteiger charge is -2.00. The Hall–Kier alpha value is -3.41. The average molecular weight is 307 g/mol. The van der Waals surface area contributed by atoms with Gasteiger partial charge in [0, 0.05) is 35.7 Å². The molecule has 0 fully saturated rings. The lowest BCUT2D eigenvalue weighted by Crippen LogP contribution is -2.00. The third-order valence-corrected chi connectivity index (χ3v) is 2.85. The molecule has 0 aliphatic rings. The minimum absolute atomic E-state index is 0.0189. The van der Waals surface area contributed by atoms with Gasteiger partial charge in [-0.1, -0.05) is 30.3 Å². The minimum atomic E-state index is -0.489. The van der Waals surface area contributed by atoms with Gasteiger partial charge in [0.1, 0.15) is 6.33 Å². The lowest BCUT2D eigenvalue weighted by molar-refractivity contribution is -0.384. The molecule has 6 heteroatoms. The molecule has 6 nitrogen and oxygen atoms in total. The van der Waals surface area contributed by atoms with Crippen LogP contribution in [0.2, 0.25) is 0 Å². The van der Waals surface area contributed by atoms with E-state index in [1.165, 1.54) is 30.6 Å². The molecule has 3 aromatic rings. The second-order valence-electron chi connectivity index (χ2n) is 4.40. The van der Waals surface area contributed by atoms with Crippen molar-refractivity contribution >= 4 is 11.5 Å². The number of nitro benzene ring substituents is 1. The molecule has 3 rings (SSSR count). The summed E-state index contributed by atoms with van der Waals surface area (Å²) in [6.07, 6.45) is 4.88. The number of non-ortho nitro benzene ring substituents is 1. The number of ketones is 1. The molecule has 0 aliphatic carbocycles. The molecule has 0 radical (unpaired) electrons. The van der Waals surface area contributed by atoms with Crippen molar-refractivity contribution < 1.29 is 9.72 Å². The molecule has 0 saturated carbocycles. The highest BCUT2D eigenvalue weighted by atomic mass is 16.6. The monoisotopic (exact) mass is 307 g/mol. The molecule has 0 aliphatic heterocycles. The summed E-state index contributed by atoms with van der Waals surface area (Å²) in [7, 11) is 0. The fourth-order valence-corrected chi connectivity index (χ4v) is 1.74. The SMILES string of the molecule is O=C(c1ccccc1)c1ccc([N+](=O)[O-])cc1.c1cncnc1. The minimum Gasteiger partial charge on any atom is -0.289 e. The predicted molar refractivity (Wildman–Crippen MR) is 85.0 cm³/mol. The zero-order valence-corrected chi connectivity index (χ0v) is 12.1. The van der Waals surface area contributed by atoms with Crippen molar-refractivity contribution in [2.24, 2.45) is 0 Å². The van der Waals surface area contributed by atoms with Crippen LogP contribution < -0.4 is 0 Å². The van der Waals surface area contributed by atoms with Crippen molar-refractivity contribution in [2.45, 2.75) is 0 Å². The van der Waals surface area contributed by atoms with Crippen LogP contribution in [0.5, 0.6) is 0 Å². The topological polar surface area (TPSA) is 86.0 Å². The second kappa shape index (κ2) is 8.14. The fourth-order valence-electron chi connectivity index (χ4n) is 1.74. The number of aromatic nitrogens is 2. The van der Waals surface area contributed by atoms with Crippen molar-refractivity contribution in [3.05, 3.63) is 101 Å². The number of benzene rings is 2. The van der Waals surface area contributed by atoms with Crippen molar-refractivity contribution in [1.29, 1.82) is 0 Å². The van der Waals surface area contributed by atoms with Gasteiger partial charge in [0.2, 0.25) is 0 Å². The summed E-state index contributed by atoms with van der Waals surface area (Å²) in [5.41, 5.74) is 0.998. The smallest absolute Gasteiger partial charge is 0.269 e. The lowest BCUT2D eigenvalue weighted by atomic mass is 10.0. The molecule has 0 saturated heterocycles. The molecule has 23 heavy (non-hydrogen) atoms. The van der Waals surface area contributed by atoms with Crippen molar-refractivity contribution in [3.8, 4) is 0 Å². The van der Waals surface area contributed by atoms with E-state index < -0.39 is 4.92 Å². The average Bonchev–Trinajstić information content (AvgIpc) is 2.64. The molecule has 0 spiro atoms. The van der Waals surface area contributed by atoms with E-state index in [-0.39, 0.29) is 11.5 Å². The first kappa shape index (κ1) is 16.0. The van der Waals surface area contributed by atoms with Gasteiger partial charge in [0.15, 0.2) is 5.78 Å². The van der Waals surface area contributed by atoms with Gasteiger partial charge in [0.25, 0.3) is 5.69 Å². The third kappa shape index (κ3) is 4.82. The molecule has 0 amide bonds. The van der Waals surface area contributed by atoms with E-state index in [9.17, 15) is 14.9 Å². The summed E-state index contributed by atoms with van der Waals surface area (Å²) in [5, 5.41) is 10.5. The summed E-state index contributed by atoms with van der Waals surface area (Å²) in [4.78, 5) is 29.3. The quantitative estimate of drug-likeness (QED) is 0.421. The molecule has 114 valence electrons. The maximum Gasteiger partial charge on any atom is 0.269 e. The Morgan fingerprint density at radius 2 is 1.39 bits per heavy atom. The fraction of sp³-hybridized carbons (Fsp3) is 0. The highest BCUT2D eigenvalue weighted by Gasteiger charge is 2.10. The molecular formula is C17H13N3O3. The first-order chi connectivity index (χ1) is 11.2. The predicted octanol–water partition coefficient (Wildman–Crippen LogP) is 3.30. The zero-order chi connectivity index (χ0) is 16.5. The summed E-state index contributed by atoms with van der Waals surface area (Å²) >= 11 is 0. The van der Waals surface area contributed by atoms with Crippen LogP contribution in [0.3, 0.4) is 0 Å². The number of carbonyl (C=O) groups is 1. The maximum atomic E-state index is 12.0. The number of nitro groups is 1. The Bertz CT molecular complexity index is 733. The van der Waals surface area contributed by atoms with E-state index in [1.807, 2.05) is 6.07 Å². The van der Waals surface area contributed by atoms with E-state index in [4.69, 9.17) is 0 Å². The van der Waals surface area contributed by atoms with E-state index in [0.717, 1.165) is 0 Å². The van der Waals surface area contributed by atoms with Crippen LogP contribution in [0.25, 0.3) is 0 Å². The van der Waals surface area contributed by atoms with Gasteiger partial charge >= 0.3 is 0 Å². The summed E-state index contributed by atoms with van der Waals surface area (Å²) in [5.74, 6) is -0.138. The number of nitrogens with zero attached hydrogens (tertiary/aromatic N) is 3. The van der Waals surface area contributed by atoms with E-state index in [0.29, 0.717) is 11.1 Å². The molecule has 0 bridgehead atoms. The number of hydrogen-bond donors (Lipinski definition) is 0. The Labute approximate surface area is 132 Å². The van der Waals surface area contributed by atoms with Gasteiger partial charge < -0.3 is 0 Å². The summed E-state index contributed by atoms with van der Waals surface area (Å²) in [6, 6.07) is 16.2. The van der Waals surface area contributed by atoms with Crippen LogP contribution >= 0.6 is 0 Å². The molecule has 0 unspecified atom stereocenters. The van der Waals surface area contributed by atoms with Crippen molar-refractivity contribution in [3.63, 3.8) is 0 Å². The van der Waals surface area contributed by atoms with Crippen molar-refractivity contribution in [2.75, 3.05) is 0 Å². The van der Waals surface area contributed by atoms with Gasteiger partial charge in [-0.2, -0.15) is 0 Å². The zero-order valence-electron chi connectivity index (χ0n) is 12.1. The van der Waals surface area contributed by atoms with Gasteiger partial charge in [0.05, 0.1) is 4.92 Å². The Morgan fingerprint density at radius 1 is 0.826 bits per heavy atom. The number of rotatable bonds is 3. The van der Waals surface area contributed by atoms with E-state index in [1.54, 1.807) is 42.7 Å². The van der Waals surface area contributed by atoms with Gasteiger partial charge in [-0.25, -0.2) is 9.97 Å². The molecule has 0 N–H and O–H groups in total. The number of carbonyl (C=O) groups excluding carboxylic acids is 1. The van der Waals surface area contributed by atoms with Crippen molar-refractivity contribution in [1.82, 2.24) is 9.97 Å². The Balaban J connectivity index is 0.000000268. The standard InChI is InChI=1S/C13H9NO3.C4H4N2/c15-13(10-4-2-1-3-5-10)11-6-8-12(9-7-11)14(16)17;1-2-5-4-6-3-1/h1-9H;1-4H. The van der Waals surface area contributed by atoms with Crippen LogP contribution in [-0.2, 0) is 0 Å². The normalized spacial score (nSPS) is 9.39. The molecular weight excluding hydrogens is 294 g/mol. The molecule has 0 atom stereocenters. The van der Waals surface area contributed by atoms with Gasteiger partial charge in [-0.15, -0.1) is 0 Å². The molecule has 1 heterocycles. The Morgan fingerprint density at radius 3 is 1.83 bits per heavy atom. The first-order valence-electron chi connectivity index (χ1n) is 6.72. The summed E-state index contributed by atoms with van der Waals surface area (Å²) < 4.78 is 0. The van der Waals surface area contributed by atoms with Crippen LogP contribution in [0.1, 0.15) is 15.9 Å². The van der Waals surface area contributed by atoms with Gasteiger partial charge in [-0.3, -0.25) is 14.9 Å². The second-order valence-corrected chi connectivity index (χ2v) is 4.40.